The highest BCUT2D eigenvalue weighted by molar-refractivity contribution is 5.84. The van der Waals surface area contributed by atoms with Gasteiger partial charge in [-0.15, -0.1) is 6.58 Å². The van der Waals surface area contributed by atoms with Crippen LogP contribution in [0.3, 0.4) is 0 Å². The third-order valence-electron chi connectivity index (χ3n) is 1.69. The fourth-order valence-corrected chi connectivity index (χ4v) is 0.909. The van der Waals surface area contributed by atoms with Crippen molar-refractivity contribution in [2.45, 2.75) is 13.0 Å². The second kappa shape index (κ2) is 6.15. The summed E-state index contributed by atoms with van der Waals surface area (Å²) in [6.45, 7) is 4.89. The van der Waals surface area contributed by atoms with Gasteiger partial charge in [0.2, 0.25) is 0 Å². The van der Waals surface area contributed by atoms with Crippen molar-refractivity contribution in [3.63, 3.8) is 0 Å². The Morgan fingerprint density at radius 3 is 2.57 bits per heavy atom. The highest BCUT2D eigenvalue weighted by Crippen LogP contribution is 1.98. The first-order valence-corrected chi connectivity index (χ1v) is 4.17. The molecule has 1 amide bonds. The molecule has 0 fully saturated rings. The van der Waals surface area contributed by atoms with Crippen LogP contribution in [0.5, 0.6) is 0 Å². The van der Waals surface area contributed by atoms with Crippen molar-refractivity contribution in [2.75, 3.05) is 20.2 Å². The standard InChI is InChI=1S/C9H15NO4/c1-4-5-10(6-8(11)12)9(13)7(2)14-3/h4,7H,1,5-6H2,2-3H3,(H,11,12). The lowest BCUT2D eigenvalue weighted by atomic mass is 10.3. The van der Waals surface area contributed by atoms with E-state index in [4.69, 9.17) is 9.84 Å². The van der Waals surface area contributed by atoms with Crippen LogP contribution in [-0.4, -0.2) is 48.2 Å². The molecule has 0 aromatic rings. The molecule has 0 saturated heterocycles. The number of methoxy groups -OCH3 is 1. The molecule has 0 saturated carbocycles. The lowest BCUT2D eigenvalue weighted by Gasteiger charge is -2.21. The van der Waals surface area contributed by atoms with E-state index in [2.05, 4.69) is 6.58 Å². The van der Waals surface area contributed by atoms with Crippen molar-refractivity contribution in [3.05, 3.63) is 12.7 Å². The molecular weight excluding hydrogens is 186 g/mol. The fourth-order valence-electron chi connectivity index (χ4n) is 0.909. The van der Waals surface area contributed by atoms with Gasteiger partial charge in [-0.2, -0.15) is 0 Å². The van der Waals surface area contributed by atoms with Crippen molar-refractivity contribution in [1.82, 2.24) is 4.90 Å². The number of carbonyl (C=O) groups is 2. The minimum absolute atomic E-state index is 0.207. The molecule has 0 spiro atoms. The maximum absolute atomic E-state index is 11.5. The molecule has 0 aliphatic carbocycles. The van der Waals surface area contributed by atoms with Crippen molar-refractivity contribution in [2.24, 2.45) is 0 Å². The van der Waals surface area contributed by atoms with E-state index < -0.39 is 12.1 Å². The van der Waals surface area contributed by atoms with Gasteiger partial charge >= 0.3 is 5.97 Å². The van der Waals surface area contributed by atoms with E-state index in [1.807, 2.05) is 0 Å². The second-order valence-corrected chi connectivity index (χ2v) is 2.78. The summed E-state index contributed by atoms with van der Waals surface area (Å²) in [5, 5.41) is 8.54. The molecule has 0 aliphatic heterocycles. The van der Waals surface area contributed by atoms with Crippen molar-refractivity contribution in [3.8, 4) is 0 Å². The molecule has 0 heterocycles. The number of amides is 1. The molecular formula is C9H15NO4. The van der Waals surface area contributed by atoms with E-state index >= 15 is 0 Å². The molecule has 1 atom stereocenters. The van der Waals surface area contributed by atoms with Crippen LogP contribution in [0.4, 0.5) is 0 Å². The first-order chi connectivity index (χ1) is 6.52. The predicted molar refractivity (Wildman–Crippen MR) is 50.9 cm³/mol. The SMILES string of the molecule is C=CCN(CC(=O)O)C(=O)C(C)OC. The van der Waals surface area contributed by atoms with Gasteiger partial charge in [0.25, 0.3) is 5.91 Å². The van der Waals surface area contributed by atoms with Crippen LogP contribution in [0.1, 0.15) is 6.92 Å². The van der Waals surface area contributed by atoms with Crippen molar-refractivity contribution in [1.29, 1.82) is 0 Å². The number of carboxylic acid groups (broad SMARTS) is 1. The smallest absolute Gasteiger partial charge is 0.323 e. The van der Waals surface area contributed by atoms with E-state index in [-0.39, 0.29) is 19.0 Å². The summed E-state index contributed by atoms with van der Waals surface area (Å²) in [6, 6.07) is 0. The minimum atomic E-state index is -1.05. The Morgan fingerprint density at radius 1 is 1.64 bits per heavy atom. The molecule has 0 aliphatic rings. The Labute approximate surface area is 83.0 Å². The lowest BCUT2D eigenvalue weighted by molar-refractivity contribution is -0.148. The Morgan fingerprint density at radius 2 is 2.21 bits per heavy atom. The molecule has 5 heteroatoms. The first-order valence-electron chi connectivity index (χ1n) is 4.17. The molecule has 0 bridgehead atoms. The van der Waals surface area contributed by atoms with E-state index in [1.54, 1.807) is 6.92 Å². The number of hydrogen-bond donors (Lipinski definition) is 1. The summed E-state index contributed by atoms with van der Waals surface area (Å²) < 4.78 is 4.80. The Bertz CT molecular complexity index is 227. The largest absolute Gasteiger partial charge is 0.480 e. The Hall–Kier alpha value is -1.36. The third kappa shape index (κ3) is 4.04. The second-order valence-electron chi connectivity index (χ2n) is 2.78. The van der Waals surface area contributed by atoms with Gasteiger partial charge in [0.15, 0.2) is 0 Å². The number of carbonyl (C=O) groups excluding carboxylic acids is 1. The van der Waals surface area contributed by atoms with Crippen molar-refractivity contribution < 1.29 is 19.4 Å². The maximum Gasteiger partial charge on any atom is 0.323 e. The zero-order chi connectivity index (χ0) is 11.1. The van der Waals surface area contributed by atoms with E-state index in [9.17, 15) is 9.59 Å². The summed E-state index contributed by atoms with van der Waals surface area (Å²) >= 11 is 0. The molecule has 0 aromatic carbocycles. The first kappa shape index (κ1) is 12.6. The fraction of sp³-hybridized carbons (Fsp3) is 0.556. The zero-order valence-corrected chi connectivity index (χ0v) is 8.40. The molecule has 0 radical (unpaired) electrons. The topological polar surface area (TPSA) is 66.8 Å². The van der Waals surface area contributed by atoms with Crippen LogP contribution in [0.25, 0.3) is 0 Å². The van der Waals surface area contributed by atoms with E-state index in [0.29, 0.717) is 0 Å². The highest BCUT2D eigenvalue weighted by Gasteiger charge is 2.20. The molecule has 14 heavy (non-hydrogen) atoms. The third-order valence-corrected chi connectivity index (χ3v) is 1.69. The summed E-state index contributed by atoms with van der Waals surface area (Å²) in [5.41, 5.74) is 0. The zero-order valence-electron chi connectivity index (χ0n) is 8.40. The Kier molecular flexibility index (Phi) is 5.55. The average Bonchev–Trinajstić information content (AvgIpc) is 2.14. The molecule has 5 nitrogen and oxygen atoms in total. The monoisotopic (exact) mass is 201 g/mol. The van der Waals surface area contributed by atoms with Crippen LogP contribution < -0.4 is 0 Å². The number of carboxylic acids is 1. The number of aliphatic carboxylic acids is 1. The van der Waals surface area contributed by atoms with Gasteiger partial charge in [-0.05, 0) is 6.92 Å². The van der Waals surface area contributed by atoms with Crippen LogP contribution in [0, 0.1) is 0 Å². The van der Waals surface area contributed by atoms with Gasteiger partial charge in [0.1, 0.15) is 12.6 Å². The van der Waals surface area contributed by atoms with Crippen molar-refractivity contribution >= 4 is 11.9 Å². The molecule has 1 N–H and O–H groups in total. The summed E-state index contributed by atoms with van der Waals surface area (Å²) in [4.78, 5) is 23.1. The van der Waals surface area contributed by atoms with Crippen LogP contribution in [0.2, 0.25) is 0 Å². The molecule has 0 rings (SSSR count). The normalized spacial score (nSPS) is 11.9. The van der Waals surface area contributed by atoms with Crippen LogP contribution >= 0.6 is 0 Å². The number of rotatable bonds is 6. The highest BCUT2D eigenvalue weighted by atomic mass is 16.5. The van der Waals surface area contributed by atoms with Gasteiger partial charge in [-0.3, -0.25) is 9.59 Å². The number of hydrogen-bond acceptors (Lipinski definition) is 3. The number of ether oxygens (including phenoxy) is 1. The number of nitrogens with zero attached hydrogens (tertiary/aromatic N) is 1. The van der Waals surface area contributed by atoms with Gasteiger partial charge in [-0.1, -0.05) is 6.08 Å². The molecule has 80 valence electrons. The lowest BCUT2D eigenvalue weighted by Crippen LogP contribution is -2.41. The van der Waals surface area contributed by atoms with Gasteiger partial charge in [0, 0.05) is 13.7 Å². The average molecular weight is 201 g/mol. The van der Waals surface area contributed by atoms with Gasteiger partial charge in [-0.25, -0.2) is 0 Å². The maximum atomic E-state index is 11.5. The molecule has 1 unspecified atom stereocenters. The van der Waals surface area contributed by atoms with Gasteiger partial charge < -0.3 is 14.7 Å². The van der Waals surface area contributed by atoms with Crippen LogP contribution in [0.15, 0.2) is 12.7 Å². The predicted octanol–water partition coefficient (Wildman–Crippen LogP) is 0.120. The quantitative estimate of drug-likeness (QED) is 0.620. The Balaban J connectivity index is 4.39. The summed E-state index contributed by atoms with van der Waals surface area (Å²) in [7, 11) is 1.40. The summed E-state index contributed by atoms with van der Waals surface area (Å²) in [5.74, 6) is -1.40. The summed E-state index contributed by atoms with van der Waals surface area (Å²) in [6.07, 6.45) is 0.845. The van der Waals surface area contributed by atoms with E-state index in [0.717, 1.165) is 0 Å². The van der Waals surface area contributed by atoms with E-state index in [1.165, 1.54) is 18.1 Å². The molecule has 0 aromatic heterocycles. The van der Waals surface area contributed by atoms with Crippen LogP contribution in [-0.2, 0) is 14.3 Å². The van der Waals surface area contributed by atoms with Gasteiger partial charge in [0.05, 0.1) is 0 Å². The minimum Gasteiger partial charge on any atom is -0.480 e.